The van der Waals surface area contributed by atoms with Crippen LogP contribution in [-0.2, 0) is 26.2 Å². The molecule has 0 spiro atoms. The highest BCUT2D eigenvalue weighted by Crippen LogP contribution is 2.33. The average molecular weight is 584 g/mol. The van der Waals surface area contributed by atoms with Gasteiger partial charge in [-0.1, -0.05) is 55.8 Å². The van der Waals surface area contributed by atoms with Gasteiger partial charge in [0.05, 0.1) is 17.2 Å². The minimum Gasteiger partial charge on any atom is -0.492 e. The maximum absolute atomic E-state index is 14.1. The van der Waals surface area contributed by atoms with Gasteiger partial charge in [-0.15, -0.1) is 0 Å². The molecular weight excluding hydrogens is 545 g/mol. The number of aryl methyl sites for hydroxylation is 1. The van der Waals surface area contributed by atoms with E-state index in [1.54, 1.807) is 50.2 Å². The maximum Gasteiger partial charge on any atom is 0.264 e. The highest BCUT2D eigenvalue weighted by atomic mass is 32.2. The SMILES string of the molecule is CCCNC(=O)[C@@H](CC)N(Cc1ccc(F)cc1)C(=O)CN(c1ccccc1OCC)S(=O)(=O)c1ccc(C)cc1. The zero-order valence-corrected chi connectivity index (χ0v) is 24.8. The number of nitrogens with one attached hydrogen (secondary N) is 1. The van der Waals surface area contributed by atoms with E-state index < -0.39 is 34.3 Å². The van der Waals surface area contributed by atoms with Gasteiger partial charge in [0.15, 0.2) is 0 Å². The Morgan fingerprint density at radius 2 is 1.61 bits per heavy atom. The summed E-state index contributed by atoms with van der Waals surface area (Å²) in [5, 5.41) is 2.84. The first-order chi connectivity index (χ1) is 19.6. The van der Waals surface area contributed by atoms with Crippen LogP contribution in [0.5, 0.6) is 5.75 Å². The van der Waals surface area contributed by atoms with Crippen molar-refractivity contribution in [1.29, 1.82) is 0 Å². The van der Waals surface area contributed by atoms with Crippen molar-refractivity contribution in [2.75, 3.05) is 24.0 Å². The lowest BCUT2D eigenvalue weighted by molar-refractivity contribution is -0.140. The Morgan fingerprint density at radius 3 is 2.22 bits per heavy atom. The van der Waals surface area contributed by atoms with Crippen LogP contribution in [-0.4, -0.2) is 50.9 Å². The summed E-state index contributed by atoms with van der Waals surface area (Å²) in [6.45, 7) is 7.47. The molecule has 0 heterocycles. The van der Waals surface area contributed by atoms with Gasteiger partial charge < -0.3 is 15.0 Å². The largest absolute Gasteiger partial charge is 0.492 e. The van der Waals surface area contributed by atoms with E-state index in [0.29, 0.717) is 30.7 Å². The first-order valence-corrected chi connectivity index (χ1v) is 15.2. The van der Waals surface area contributed by atoms with Crippen molar-refractivity contribution < 1.29 is 27.1 Å². The van der Waals surface area contributed by atoms with Gasteiger partial charge in [0, 0.05) is 13.1 Å². The van der Waals surface area contributed by atoms with Gasteiger partial charge in [0.2, 0.25) is 11.8 Å². The second kappa shape index (κ2) is 14.6. The predicted octanol–water partition coefficient (Wildman–Crippen LogP) is 5.06. The fourth-order valence-electron chi connectivity index (χ4n) is 4.36. The van der Waals surface area contributed by atoms with Crippen molar-refractivity contribution in [2.45, 2.75) is 58.0 Å². The van der Waals surface area contributed by atoms with Gasteiger partial charge in [-0.05, 0) is 68.7 Å². The second-order valence-corrected chi connectivity index (χ2v) is 11.5. The molecule has 0 aliphatic carbocycles. The monoisotopic (exact) mass is 583 g/mol. The van der Waals surface area contributed by atoms with Crippen LogP contribution in [0.15, 0.2) is 77.7 Å². The summed E-state index contributed by atoms with van der Waals surface area (Å²) >= 11 is 0. The molecule has 220 valence electrons. The van der Waals surface area contributed by atoms with E-state index in [9.17, 15) is 22.4 Å². The number of para-hydroxylation sites is 2. The number of carbonyl (C=O) groups is 2. The summed E-state index contributed by atoms with van der Waals surface area (Å²) in [5.74, 6) is -1.05. The van der Waals surface area contributed by atoms with E-state index in [2.05, 4.69) is 5.32 Å². The first kappa shape index (κ1) is 31.6. The smallest absolute Gasteiger partial charge is 0.264 e. The molecule has 3 aromatic rings. The minimum absolute atomic E-state index is 0.0112. The van der Waals surface area contributed by atoms with Crippen LogP contribution in [0, 0.1) is 12.7 Å². The normalized spacial score (nSPS) is 11.9. The van der Waals surface area contributed by atoms with Crippen LogP contribution in [0.2, 0.25) is 0 Å². The second-order valence-electron chi connectivity index (χ2n) is 9.59. The number of ether oxygens (including phenoxy) is 1. The van der Waals surface area contributed by atoms with Crippen molar-refractivity contribution in [3.63, 3.8) is 0 Å². The molecule has 1 N–H and O–H groups in total. The summed E-state index contributed by atoms with van der Waals surface area (Å²) in [5.41, 5.74) is 1.69. The van der Waals surface area contributed by atoms with Crippen molar-refractivity contribution >= 4 is 27.5 Å². The fourth-order valence-corrected chi connectivity index (χ4v) is 5.79. The Labute approximate surface area is 242 Å². The topological polar surface area (TPSA) is 96.0 Å². The Bertz CT molecular complexity index is 1410. The number of anilines is 1. The summed E-state index contributed by atoms with van der Waals surface area (Å²) in [4.78, 5) is 28.6. The summed E-state index contributed by atoms with van der Waals surface area (Å²) in [7, 11) is -4.23. The van der Waals surface area contributed by atoms with E-state index >= 15 is 0 Å². The molecule has 0 fully saturated rings. The van der Waals surface area contributed by atoms with Crippen LogP contribution in [0.3, 0.4) is 0 Å². The Kier molecular flexibility index (Phi) is 11.3. The number of halogens is 1. The molecule has 0 radical (unpaired) electrons. The molecule has 0 saturated carbocycles. The van der Waals surface area contributed by atoms with E-state index in [4.69, 9.17) is 4.74 Å². The highest BCUT2D eigenvalue weighted by molar-refractivity contribution is 7.92. The summed E-state index contributed by atoms with van der Waals surface area (Å²) in [6.07, 6.45) is 1.01. The number of sulfonamides is 1. The Morgan fingerprint density at radius 1 is 0.951 bits per heavy atom. The molecule has 0 bridgehead atoms. The predicted molar refractivity (Wildman–Crippen MR) is 158 cm³/mol. The van der Waals surface area contributed by atoms with Gasteiger partial charge in [0.25, 0.3) is 10.0 Å². The number of rotatable bonds is 14. The zero-order valence-electron chi connectivity index (χ0n) is 24.0. The average Bonchev–Trinajstić information content (AvgIpc) is 2.96. The van der Waals surface area contributed by atoms with Crippen molar-refractivity contribution in [2.24, 2.45) is 0 Å². The number of hydrogen-bond donors (Lipinski definition) is 1. The van der Waals surface area contributed by atoms with Crippen LogP contribution in [0.4, 0.5) is 10.1 Å². The van der Waals surface area contributed by atoms with Crippen LogP contribution >= 0.6 is 0 Å². The van der Waals surface area contributed by atoms with Gasteiger partial charge in [-0.2, -0.15) is 0 Å². The van der Waals surface area contributed by atoms with Gasteiger partial charge in [-0.25, -0.2) is 12.8 Å². The van der Waals surface area contributed by atoms with Gasteiger partial charge >= 0.3 is 0 Å². The van der Waals surface area contributed by atoms with E-state index in [1.165, 1.54) is 41.3 Å². The third kappa shape index (κ3) is 8.07. The fraction of sp³-hybridized carbons (Fsp3) is 0.355. The van der Waals surface area contributed by atoms with E-state index in [-0.39, 0.29) is 29.6 Å². The number of amides is 2. The lowest BCUT2D eigenvalue weighted by Crippen LogP contribution is -2.52. The van der Waals surface area contributed by atoms with Crippen molar-refractivity contribution in [1.82, 2.24) is 10.2 Å². The van der Waals surface area contributed by atoms with Gasteiger partial charge in [-0.3, -0.25) is 13.9 Å². The van der Waals surface area contributed by atoms with Crippen LogP contribution < -0.4 is 14.4 Å². The lowest BCUT2D eigenvalue weighted by Gasteiger charge is -2.33. The molecular formula is C31H38FN3O5S. The molecule has 8 nitrogen and oxygen atoms in total. The number of carbonyl (C=O) groups excluding carboxylic acids is 2. The third-order valence-corrected chi connectivity index (χ3v) is 8.30. The van der Waals surface area contributed by atoms with Gasteiger partial charge in [0.1, 0.15) is 24.2 Å². The molecule has 41 heavy (non-hydrogen) atoms. The van der Waals surface area contributed by atoms with E-state index in [1.807, 2.05) is 13.8 Å². The van der Waals surface area contributed by atoms with E-state index in [0.717, 1.165) is 9.87 Å². The van der Waals surface area contributed by atoms with Crippen LogP contribution in [0.1, 0.15) is 44.7 Å². The molecule has 3 aromatic carbocycles. The molecule has 0 aliphatic heterocycles. The lowest BCUT2D eigenvalue weighted by atomic mass is 10.1. The summed E-state index contributed by atoms with van der Waals surface area (Å²) in [6, 6.07) is 17.8. The molecule has 2 amide bonds. The molecule has 0 saturated heterocycles. The number of hydrogen-bond acceptors (Lipinski definition) is 5. The third-order valence-electron chi connectivity index (χ3n) is 6.52. The molecule has 1 atom stereocenters. The number of benzene rings is 3. The quantitative estimate of drug-likeness (QED) is 0.286. The zero-order chi connectivity index (χ0) is 30.0. The van der Waals surface area contributed by atoms with Crippen LogP contribution in [0.25, 0.3) is 0 Å². The molecule has 0 unspecified atom stereocenters. The standard InChI is InChI=1S/C31H38FN3O5S/c1-5-20-33-31(37)27(6-2)34(21-24-14-16-25(32)17-15-24)30(36)22-35(28-10-8-9-11-29(28)40-7-3)41(38,39)26-18-12-23(4)13-19-26/h8-19,27H,5-7,20-22H2,1-4H3,(H,33,37)/t27-/m1/s1. The van der Waals surface area contributed by atoms with Crippen molar-refractivity contribution in [3.05, 3.63) is 89.7 Å². The Hall–Kier alpha value is -3.92. The Balaban J connectivity index is 2.09. The summed E-state index contributed by atoms with van der Waals surface area (Å²) < 4.78 is 48.5. The minimum atomic E-state index is -4.23. The van der Waals surface area contributed by atoms with Crippen molar-refractivity contribution in [3.8, 4) is 5.75 Å². The molecule has 0 aliphatic rings. The maximum atomic E-state index is 14.1. The molecule has 0 aromatic heterocycles. The number of nitrogens with zero attached hydrogens (tertiary/aromatic N) is 2. The molecule has 10 heteroatoms. The molecule has 3 rings (SSSR count). The highest BCUT2D eigenvalue weighted by Gasteiger charge is 2.34. The first-order valence-electron chi connectivity index (χ1n) is 13.7.